The quantitative estimate of drug-likeness (QED) is 0.751. The van der Waals surface area contributed by atoms with Gasteiger partial charge < -0.3 is 10.1 Å². The molecule has 3 aromatic rings. The molecule has 1 aromatic heterocycles. The second kappa shape index (κ2) is 7.28. The summed E-state index contributed by atoms with van der Waals surface area (Å²) in [6.45, 7) is 4.67. The lowest BCUT2D eigenvalue weighted by Gasteiger charge is -2.27. The van der Waals surface area contributed by atoms with Gasteiger partial charge in [0.25, 0.3) is 5.91 Å². The fraction of sp³-hybridized carbons (Fsp3) is 0.261. The number of ether oxygens (including phenoxy) is 1. The first-order valence-electron chi connectivity index (χ1n) is 9.77. The number of hydrogen-bond acceptors (Lipinski definition) is 5. The molecule has 0 bridgehead atoms. The molecule has 0 saturated carbocycles. The van der Waals surface area contributed by atoms with Crippen LogP contribution in [0.25, 0.3) is 22.2 Å². The molecule has 2 aliphatic rings. The highest BCUT2D eigenvalue weighted by atomic mass is 16.5. The van der Waals surface area contributed by atoms with Crippen LogP contribution in [-0.2, 0) is 17.8 Å². The Hall–Kier alpha value is -3.27. The lowest BCUT2D eigenvalue weighted by atomic mass is 10.00. The third-order valence-electron chi connectivity index (χ3n) is 5.61. The number of rotatable bonds is 3. The van der Waals surface area contributed by atoms with Gasteiger partial charge >= 0.3 is 0 Å². The highest BCUT2D eigenvalue weighted by Crippen LogP contribution is 2.29. The van der Waals surface area contributed by atoms with Gasteiger partial charge in [-0.15, -0.1) is 0 Å². The van der Waals surface area contributed by atoms with Crippen molar-refractivity contribution in [2.24, 2.45) is 0 Å². The van der Waals surface area contributed by atoms with Crippen molar-refractivity contribution < 1.29 is 9.53 Å². The third kappa shape index (κ3) is 3.35. The largest absolute Gasteiger partial charge is 0.379 e. The van der Waals surface area contributed by atoms with Crippen molar-refractivity contribution in [3.05, 3.63) is 64.7 Å². The maximum absolute atomic E-state index is 11.9. The number of nitrogens with one attached hydrogen (secondary N) is 1. The number of hydrogen-bond donors (Lipinski definition) is 1. The Morgan fingerprint density at radius 3 is 2.83 bits per heavy atom. The van der Waals surface area contributed by atoms with Crippen molar-refractivity contribution in [1.82, 2.24) is 15.2 Å². The summed E-state index contributed by atoms with van der Waals surface area (Å²) >= 11 is 0. The smallest absolute Gasteiger partial charge is 0.251 e. The first kappa shape index (κ1) is 17.8. The van der Waals surface area contributed by atoms with Crippen LogP contribution in [0.3, 0.4) is 0 Å². The van der Waals surface area contributed by atoms with Gasteiger partial charge in [-0.05, 0) is 41.5 Å². The van der Waals surface area contributed by atoms with E-state index in [1.54, 1.807) is 0 Å². The van der Waals surface area contributed by atoms with Gasteiger partial charge in [0.2, 0.25) is 0 Å². The van der Waals surface area contributed by atoms with Crippen LogP contribution in [0, 0.1) is 11.3 Å². The minimum Gasteiger partial charge on any atom is -0.379 e. The third-order valence-corrected chi connectivity index (χ3v) is 5.61. The van der Waals surface area contributed by atoms with E-state index in [9.17, 15) is 10.1 Å². The summed E-state index contributed by atoms with van der Waals surface area (Å²) in [6.07, 6.45) is 0. The number of benzene rings is 2. The zero-order valence-corrected chi connectivity index (χ0v) is 15.9. The Bertz CT molecular complexity index is 1160. The van der Waals surface area contributed by atoms with Crippen molar-refractivity contribution in [3.63, 3.8) is 0 Å². The normalized spacial score (nSPS) is 16.4. The fourth-order valence-electron chi connectivity index (χ4n) is 4.04. The Balaban J connectivity index is 1.61. The van der Waals surface area contributed by atoms with Crippen LogP contribution in [0.15, 0.2) is 42.5 Å². The Kier molecular flexibility index (Phi) is 4.47. The zero-order chi connectivity index (χ0) is 19.8. The van der Waals surface area contributed by atoms with E-state index >= 15 is 0 Å². The van der Waals surface area contributed by atoms with Gasteiger partial charge in [0.05, 0.1) is 36.1 Å². The van der Waals surface area contributed by atoms with E-state index in [0.29, 0.717) is 12.1 Å². The van der Waals surface area contributed by atoms with Crippen LogP contribution in [0.5, 0.6) is 0 Å². The van der Waals surface area contributed by atoms with Crippen LogP contribution >= 0.6 is 0 Å². The molecule has 1 fully saturated rings. The monoisotopic (exact) mass is 384 g/mol. The number of fused-ring (bicyclic) bond motifs is 2. The number of carbonyl (C=O) groups excluding carboxylic acids is 1. The second-order valence-electron chi connectivity index (χ2n) is 7.45. The summed E-state index contributed by atoms with van der Waals surface area (Å²) in [5, 5.41) is 13.2. The van der Waals surface area contributed by atoms with Crippen molar-refractivity contribution in [2.75, 3.05) is 26.3 Å². The van der Waals surface area contributed by atoms with E-state index < -0.39 is 0 Å². The molecule has 2 aromatic carbocycles. The van der Waals surface area contributed by atoms with Gasteiger partial charge in [-0.1, -0.05) is 12.1 Å². The van der Waals surface area contributed by atoms with Crippen LogP contribution in [-0.4, -0.2) is 42.1 Å². The average molecular weight is 384 g/mol. The molecule has 0 spiro atoms. The molecule has 1 saturated heterocycles. The van der Waals surface area contributed by atoms with Crippen molar-refractivity contribution >= 4 is 16.8 Å². The van der Waals surface area contributed by atoms with Crippen molar-refractivity contribution in [1.29, 1.82) is 5.26 Å². The van der Waals surface area contributed by atoms with Gasteiger partial charge in [0.15, 0.2) is 0 Å². The first-order valence-corrected chi connectivity index (χ1v) is 9.77. The number of amides is 1. The molecule has 3 heterocycles. The molecule has 0 unspecified atom stereocenters. The summed E-state index contributed by atoms with van der Waals surface area (Å²) < 4.78 is 5.48. The molecule has 5 rings (SSSR count). The number of carbonyl (C=O) groups is 1. The van der Waals surface area contributed by atoms with E-state index in [-0.39, 0.29) is 5.91 Å². The summed E-state index contributed by atoms with van der Waals surface area (Å²) in [5.74, 6) is -0.0234. The molecular formula is C23H20N4O2. The fourth-order valence-corrected chi connectivity index (χ4v) is 4.04. The molecule has 6 nitrogen and oxygen atoms in total. The van der Waals surface area contributed by atoms with Gasteiger partial charge in [0, 0.05) is 42.7 Å². The lowest BCUT2D eigenvalue weighted by Crippen LogP contribution is -2.35. The van der Waals surface area contributed by atoms with Crippen LogP contribution < -0.4 is 5.32 Å². The summed E-state index contributed by atoms with van der Waals surface area (Å²) in [7, 11) is 0. The maximum Gasteiger partial charge on any atom is 0.251 e. The van der Waals surface area contributed by atoms with Crippen molar-refractivity contribution in [2.45, 2.75) is 13.1 Å². The second-order valence-corrected chi connectivity index (χ2v) is 7.45. The molecule has 0 aliphatic carbocycles. The van der Waals surface area contributed by atoms with E-state index in [2.05, 4.69) is 22.4 Å². The molecule has 1 N–H and O–H groups in total. The SMILES string of the molecule is N#Cc1ccc2c(CN3CCOCC3)cc(-c3ccc4c(c3)CNC4=O)nc2c1. The number of pyridine rings is 1. The predicted octanol–water partition coefficient (Wildman–Crippen LogP) is 2.85. The van der Waals surface area contributed by atoms with E-state index in [0.717, 1.165) is 66.1 Å². The minimum atomic E-state index is -0.0234. The predicted molar refractivity (Wildman–Crippen MR) is 109 cm³/mol. The average Bonchev–Trinajstić information content (AvgIpc) is 3.14. The first-order chi connectivity index (χ1) is 14.2. The topological polar surface area (TPSA) is 78.3 Å². The molecule has 6 heteroatoms. The number of aromatic nitrogens is 1. The van der Waals surface area contributed by atoms with Crippen LogP contribution in [0.2, 0.25) is 0 Å². The highest BCUT2D eigenvalue weighted by molar-refractivity contribution is 5.99. The van der Waals surface area contributed by atoms with Crippen LogP contribution in [0.1, 0.15) is 27.0 Å². The summed E-state index contributed by atoms with van der Waals surface area (Å²) in [6, 6.07) is 15.9. The highest BCUT2D eigenvalue weighted by Gasteiger charge is 2.20. The lowest BCUT2D eigenvalue weighted by molar-refractivity contribution is 0.0343. The van der Waals surface area contributed by atoms with E-state index in [1.807, 2.05) is 36.4 Å². The van der Waals surface area contributed by atoms with Gasteiger partial charge in [-0.3, -0.25) is 9.69 Å². The van der Waals surface area contributed by atoms with Gasteiger partial charge in [-0.2, -0.15) is 5.26 Å². The Morgan fingerprint density at radius 2 is 2.00 bits per heavy atom. The molecular weight excluding hydrogens is 364 g/mol. The minimum absolute atomic E-state index is 0.0234. The van der Waals surface area contributed by atoms with Gasteiger partial charge in [-0.25, -0.2) is 4.98 Å². The molecule has 1 amide bonds. The molecule has 0 radical (unpaired) electrons. The molecule has 0 atom stereocenters. The Labute approximate surface area is 168 Å². The molecule has 2 aliphatic heterocycles. The van der Waals surface area contributed by atoms with E-state index in [4.69, 9.17) is 9.72 Å². The summed E-state index contributed by atoms with van der Waals surface area (Å²) in [5.41, 5.74) is 6.17. The standard InChI is InChI=1S/C23H20N4O2/c24-12-15-1-3-19-18(14-27-5-7-29-8-6-27)11-21(26-22(19)9-15)16-2-4-20-17(10-16)13-25-23(20)28/h1-4,9-11H,5-8,13-14H2,(H,25,28). The number of nitriles is 1. The zero-order valence-electron chi connectivity index (χ0n) is 15.9. The summed E-state index contributed by atoms with van der Waals surface area (Å²) in [4.78, 5) is 19.1. The van der Waals surface area contributed by atoms with E-state index in [1.165, 1.54) is 5.56 Å². The number of nitrogens with zero attached hydrogens (tertiary/aromatic N) is 3. The Morgan fingerprint density at radius 1 is 1.14 bits per heavy atom. The van der Waals surface area contributed by atoms with Gasteiger partial charge in [0.1, 0.15) is 0 Å². The van der Waals surface area contributed by atoms with Crippen LogP contribution in [0.4, 0.5) is 0 Å². The molecule has 29 heavy (non-hydrogen) atoms. The maximum atomic E-state index is 11.9. The molecule has 144 valence electrons. The van der Waals surface area contributed by atoms with Crippen molar-refractivity contribution in [3.8, 4) is 17.3 Å². The number of morpholine rings is 1.